The second-order valence-electron chi connectivity index (χ2n) is 5.31. The van der Waals surface area contributed by atoms with E-state index < -0.39 is 0 Å². The van der Waals surface area contributed by atoms with Crippen molar-refractivity contribution >= 4 is 33.4 Å². The molecule has 1 fully saturated rings. The van der Waals surface area contributed by atoms with Crippen molar-refractivity contribution in [2.24, 2.45) is 0 Å². The van der Waals surface area contributed by atoms with E-state index in [2.05, 4.69) is 17.2 Å². The first-order valence-corrected chi connectivity index (χ1v) is 9.96. The van der Waals surface area contributed by atoms with Crippen molar-refractivity contribution in [1.82, 2.24) is 10.6 Å². The van der Waals surface area contributed by atoms with Gasteiger partial charge in [0.1, 0.15) is 0 Å². The van der Waals surface area contributed by atoms with Crippen LogP contribution in [0.1, 0.15) is 45.4 Å². The van der Waals surface area contributed by atoms with E-state index in [0.717, 1.165) is 24.5 Å². The molecule has 4 nitrogen and oxygen atoms in total. The summed E-state index contributed by atoms with van der Waals surface area (Å²) in [6.07, 6.45) is 6.03. The van der Waals surface area contributed by atoms with E-state index in [4.69, 9.17) is 0 Å². The van der Waals surface area contributed by atoms with E-state index in [1.54, 1.807) is 6.92 Å². The van der Waals surface area contributed by atoms with Gasteiger partial charge in [-0.15, -0.1) is 0 Å². The molecule has 120 valence electrons. The summed E-state index contributed by atoms with van der Waals surface area (Å²) in [4.78, 5) is 22.8. The van der Waals surface area contributed by atoms with Gasteiger partial charge in [0.05, 0.1) is 0 Å². The molecule has 0 saturated carbocycles. The summed E-state index contributed by atoms with van der Waals surface area (Å²) in [5.41, 5.74) is 0.512. The molecule has 2 N–H and O–H groups in total. The van der Waals surface area contributed by atoms with Crippen LogP contribution in [0.4, 0.5) is 0 Å². The Bertz CT molecular complexity index is 356. The van der Waals surface area contributed by atoms with Gasteiger partial charge in [0.15, 0.2) is 0 Å². The highest BCUT2D eigenvalue weighted by Gasteiger charge is 2.15. The van der Waals surface area contributed by atoms with Crippen molar-refractivity contribution < 1.29 is 9.59 Å². The Morgan fingerprint density at radius 3 is 2.62 bits per heavy atom. The average molecular weight is 331 g/mol. The lowest BCUT2D eigenvalue weighted by atomic mass is 10.1. The first kappa shape index (κ1) is 18.4. The Hall–Kier alpha value is -0.620. The SMILES string of the molecule is C=C(C)C(=O)NCCCNC(=O)CCCCC1CCSS1. The maximum absolute atomic E-state index is 11.6. The summed E-state index contributed by atoms with van der Waals surface area (Å²) >= 11 is 0. The standard InChI is InChI=1S/C15H26N2O2S2/c1-12(2)15(19)17-10-5-9-16-14(18)7-4-3-6-13-8-11-20-21-13/h13H,1,3-11H2,2H3,(H,16,18)(H,17,19). The van der Waals surface area contributed by atoms with Gasteiger partial charge in [0.2, 0.25) is 11.8 Å². The zero-order valence-electron chi connectivity index (χ0n) is 12.8. The summed E-state index contributed by atoms with van der Waals surface area (Å²) in [6.45, 7) is 6.44. The van der Waals surface area contributed by atoms with Crippen LogP contribution in [-0.2, 0) is 9.59 Å². The maximum atomic E-state index is 11.6. The Kier molecular flexibility index (Phi) is 9.67. The van der Waals surface area contributed by atoms with Crippen molar-refractivity contribution in [3.8, 4) is 0 Å². The van der Waals surface area contributed by atoms with E-state index in [1.165, 1.54) is 18.6 Å². The molecule has 1 atom stereocenters. The third kappa shape index (κ3) is 9.09. The highest BCUT2D eigenvalue weighted by atomic mass is 33.1. The second kappa shape index (κ2) is 11.0. The number of nitrogens with one attached hydrogen (secondary N) is 2. The van der Waals surface area contributed by atoms with Crippen molar-refractivity contribution in [3.63, 3.8) is 0 Å². The van der Waals surface area contributed by atoms with Crippen LogP contribution in [-0.4, -0.2) is 35.9 Å². The van der Waals surface area contributed by atoms with Gasteiger partial charge in [-0.3, -0.25) is 9.59 Å². The number of hydrogen-bond acceptors (Lipinski definition) is 4. The molecule has 1 aliphatic rings. The smallest absolute Gasteiger partial charge is 0.246 e. The minimum absolute atomic E-state index is 0.120. The van der Waals surface area contributed by atoms with Gasteiger partial charge in [-0.1, -0.05) is 34.6 Å². The summed E-state index contributed by atoms with van der Waals surface area (Å²) in [5.74, 6) is 1.27. The lowest BCUT2D eigenvalue weighted by molar-refractivity contribution is -0.121. The molecule has 1 aliphatic heterocycles. The minimum atomic E-state index is -0.121. The minimum Gasteiger partial charge on any atom is -0.356 e. The third-order valence-corrected chi connectivity index (χ3v) is 6.26. The molecule has 1 saturated heterocycles. The number of unbranched alkanes of at least 4 members (excludes halogenated alkanes) is 1. The van der Waals surface area contributed by atoms with Crippen LogP contribution in [0.3, 0.4) is 0 Å². The lowest BCUT2D eigenvalue weighted by Gasteiger charge is -2.08. The van der Waals surface area contributed by atoms with Gasteiger partial charge in [0.25, 0.3) is 0 Å². The van der Waals surface area contributed by atoms with E-state index in [-0.39, 0.29) is 11.8 Å². The van der Waals surface area contributed by atoms with Gasteiger partial charge in [-0.25, -0.2) is 0 Å². The molecule has 1 heterocycles. The van der Waals surface area contributed by atoms with Crippen LogP contribution in [0.25, 0.3) is 0 Å². The van der Waals surface area contributed by atoms with Crippen LogP contribution in [0.5, 0.6) is 0 Å². The molecule has 0 aromatic rings. The Balaban J connectivity index is 1.89. The number of amides is 2. The molecule has 6 heteroatoms. The fraction of sp³-hybridized carbons (Fsp3) is 0.733. The van der Waals surface area contributed by atoms with Gasteiger partial charge < -0.3 is 10.6 Å². The molecule has 0 aromatic carbocycles. The van der Waals surface area contributed by atoms with Gasteiger partial charge in [-0.2, -0.15) is 0 Å². The molecule has 1 unspecified atom stereocenters. The molecule has 0 spiro atoms. The zero-order valence-corrected chi connectivity index (χ0v) is 14.4. The lowest BCUT2D eigenvalue weighted by Crippen LogP contribution is -2.29. The fourth-order valence-corrected chi connectivity index (χ4v) is 5.01. The Morgan fingerprint density at radius 2 is 1.95 bits per heavy atom. The van der Waals surface area contributed by atoms with Crippen LogP contribution < -0.4 is 10.6 Å². The first-order chi connectivity index (χ1) is 10.1. The molecular weight excluding hydrogens is 304 g/mol. The molecule has 0 aliphatic carbocycles. The second-order valence-corrected chi connectivity index (χ2v) is 8.10. The van der Waals surface area contributed by atoms with Crippen molar-refractivity contribution in [2.75, 3.05) is 18.8 Å². The number of carbonyl (C=O) groups is 2. The highest BCUT2D eigenvalue weighted by Crippen LogP contribution is 2.39. The van der Waals surface area contributed by atoms with E-state index in [9.17, 15) is 9.59 Å². The molecule has 0 radical (unpaired) electrons. The van der Waals surface area contributed by atoms with Crippen molar-refractivity contribution in [3.05, 3.63) is 12.2 Å². The average Bonchev–Trinajstić information content (AvgIpc) is 2.96. The normalized spacial score (nSPS) is 17.5. The zero-order chi connectivity index (χ0) is 15.5. The quantitative estimate of drug-likeness (QED) is 0.367. The maximum Gasteiger partial charge on any atom is 0.246 e. The molecule has 2 amide bonds. The van der Waals surface area contributed by atoms with Crippen molar-refractivity contribution in [1.29, 1.82) is 0 Å². The predicted octanol–water partition coefficient (Wildman–Crippen LogP) is 2.90. The highest BCUT2D eigenvalue weighted by molar-refractivity contribution is 8.77. The van der Waals surface area contributed by atoms with Crippen LogP contribution >= 0.6 is 21.6 Å². The predicted molar refractivity (Wildman–Crippen MR) is 92.4 cm³/mol. The molecule has 0 bridgehead atoms. The van der Waals surface area contributed by atoms with Gasteiger partial charge >= 0.3 is 0 Å². The first-order valence-electron chi connectivity index (χ1n) is 7.58. The topological polar surface area (TPSA) is 58.2 Å². The van der Waals surface area contributed by atoms with Crippen LogP contribution in [0.2, 0.25) is 0 Å². The van der Waals surface area contributed by atoms with E-state index >= 15 is 0 Å². The summed E-state index contributed by atoms with van der Waals surface area (Å²) < 4.78 is 0. The van der Waals surface area contributed by atoms with E-state index in [0.29, 0.717) is 25.1 Å². The molecular formula is C15H26N2O2S2. The number of carbonyl (C=O) groups excluding carboxylic acids is 2. The van der Waals surface area contributed by atoms with Crippen LogP contribution in [0.15, 0.2) is 12.2 Å². The summed E-state index contributed by atoms with van der Waals surface area (Å²) in [7, 11) is 3.97. The molecule has 21 heavy (non-hydrogen) atoms. The largest absolute Gasteiger partial charge is 0.356 e. The Labute approximate surface area is 135 Å². The Morgan fingerprint density at radius 1 is 1.19 bits per heavy atom. The third-order valence-electron chi connectivity index (χ3n) is 3.26. The van der Waals surface area contributed by atoms with Crippen molar-refractivity contribution in [2.45, 2.75) is 50.7 Å². The van der Waals surface area contributed by atoms with E-state index in [1.807, 2.05) is 21.6 Å². The van der Waals surface area contributed by atoms with Gasteiger partial charge in [-0.05, 0) is 32.6 Å². The molecule has 1 rings (SSSR count). The number of rotatable bonds is 10. The van der Waals surface area contributed by atoms with Crippen LogP contribution in [0, 0.1) is 0 Å². The van der Waals surface area contributed by atoms with Gasteiger partial charge in [0, 0.05) is 36.1 Å². The fourth-order valence-electron chi connectivity index (χ4n) is 1.98. The summed E-state index contributed by atoms with van der Waals surface area (Å²) in [5, 5.41) is 6.44. The number of hydrogen-bond donors (Lipinski definition) is 2. The molecule has 0 aromatic heterocycles. The monoisotopic (exact) mass is 330 g/mol. The summed E-state index contributed by atoms with van der Waals surface area (Å²) in [6, 6.07) is 0.